The molecule has 0 atom stereocenters. The molecule has 0 saturated carbocycles. The van der Waals surface area contributed by atoms with Crippen LogP contribution in [0.1, 0.15) is 60.7 Å². The van der Waals surface area contributed by atoms with Crippen LogP contribution in [-0.4, -0.2) is 49.4 Å². The minimum Gasteiger partial charge on any atom is -0.423 e. The molecule has 1 aromatic carbocycles. The van der Waals surface area contributed by atoms with Crippen LogP contribution in [0.25, 0.3) is 4.72 Å². The average Bonchev–Trinajstić information content (AvgIpc) is 3.46. The third-order valence-corrected chi connectivity index (χ3v) is 7.48. The van der Waals surface area contributed by atoms with Gasteiger partial charge in [-0.15, -0.1) is 0 Å². The summed E-state index contributed by atoms with van der Waals surface area (Å²) in [7, 11) is -2.55. The maximum Gasteiger partial charge on any atom is 1.00 e. The maximum absolute atomic E-state index is 12.9. The summed E-state index contributed by atoms with van der Waals surface area (Å²) in [5.74, 6) is 0. The minimum atomic E-state index is -4.30. The zero-order valence-electron chi connectivity index (χ0n) is 20.4. The first-order valence-electron chi connectivity index (χ1n) is 11.5. The molecule has 4 rings (SSSR count). The Morgan fingerprint density at radius 3 is 2.35 bits per heavy atom. The number of sulfonamides is 1. The van der Waals surface area contributed by atoms with Crippen molar-refractivity contribution in [2.75, 3.05) is 25.6 Å². The second-order valence-electron chi connectivity index (χ2n) is 9.17. The van der Waals surface area contributed by atoms with Crippen LogP contribution in [-0.2, 0) is 42.3 Å². The number of urea groups is 1. The summed E-state index contributed by atoms with van der Waals surface area (Å²) < 4.78 is 43.6. The van der Waals surface area contributed by atoms with Gasteiger partial charge in [0.2, 0.25) is 10.0 Å². The van der Waals surface area contributed by atoms with Crippen molar-refractivity contribution >= 4 is 21.7 Å². The van der Waals surface area contributed by atoms with E-state index in [-0.39, 0.29) is 47.2 Å². The number of rotatable bonds is 8. The summed E-state index contributed by atoms with van der Waals surface area (Å²) in [5.41, 5.74) is 6.08. The first-order chi connectivity index (χ1) is 15.7. The number of hydrogen-bond acceptors (Lipinski definition) is 5. The molecule has 0 fully saturated rings. The summed E-state index contributed by atoms with van der Waals surface area (Å²) in [5, 5.41) is 6.72. The maximum atomic E-state index is 12.9. The van der Waals surface area contributed by atoms with Crippen LogP contribution in [0.5, 0.6) is 0 Å². The van der Waals surface area contributed by atoms with Crippen LogP contribution < -0.4 is 34.9 Å². The van der Waals surface area contributed by atoms with Gasteiger partial charge in [0.1, 0.15) is 6.67 Å². The summed E-state index contributed by atoms with van der Waals surface area (Å²) in [6, 6.07) is 2.65. The molecule has 0 saturated heterocycles. The summed E-state index contributed by atoms with van der Waals surface area (Å²) in [6.07, 6.45) is 5.77. The average molecular weight is 500 g/mol. The topological polar surface area (TPSA) is 98.4 Å². The second-order valence-corrected chi connectivity index (χ2v) is 10.7. The van der Waals surface area contributed by atoms with E-state index in [1.807, 2.05) is 13.8 Å². The minimum absolute atomic E-state index is 0. The molecule has 180 valence electrons. The predicted molar refractivity (Wildman–Crippen MR) is 125 cm³/mol. The van der Waals surface area contributed by atoms with Gasteiger partial charge >= 0.3 is 29.6 Å². The number of aromatic nitrogens is 2. The molecule has 2 aromatic rings. The van der Waals surface area contributed by atoms with Gasteiger partial charge < -0.3 is 10.0 Å². The Bertz CT molecular complexity index is 1130. The number of anilines is 1. The van der Waals surface area contributed by atoms with Crippen molar-refractivity contribution in [1.82, 2.24) is 14.7 Å². The van der Waals surface area contributed by atoms with Crippen molar-refractivity contribution in [2.24, 2.45) is 0 Å². The largest absolute Gasteiger partial charge is 1.00 e. The molecular weight excluding hydrogens is 468 g/mol. The summed E-state index contributed by atoms with van der Waals surface area (Å²) >= 11 is 0. The quantitative estimate of drug-likeness (QED) is 0.550. The normalized spacial score (nSPS) is 14.8. The van der Waals surface area contributed by atoms with Crippen molar-refractivity contribution in [3.05, 3.63) is 44.8 Å². The summed E-state index contributed by atoms with van der Waals surface area (Å²) in [6.45, 7) is 3.81. The van der Waals surface area contributed by atoms with E-state index >= 15 is 0 Å². The van der Waals surface area contributed by atoms with Gasteiger partial charge in [0.05, 0.1) is 5.69 Å². The number of amides is 2. The van der Waals surface area contributed by atoms with E-state index in [9.17, 15) is 17.6 Å². The molecule has 11 heteroatoms. The summed E-state index contributed by atoms with van der Waals surface area (Å²) in [4.78, 5) is 14.5. The molecule has 2 aliphatic carbocycles. The fourth-order valence-corrected chi connectivity index (χ4v) is 5.69. The van der Waals surface area contributed by atoms with Gasteiger partial charge in [0, 0.05) is 19.1 Å². The van der Waals surface area contributed by atoms with Crippen LogP contribution in [0.4, 0.5) is 14.9 Å². The van der Waals surface area contributed by atoms with Gasteiger partial charge in [-0.25, -0.2) is 12.8 Å². The Labute approximate surface area is 223 Å². The number of aryl methyl sites for hydroxylation is 2. The zero-order valence-corrected chi connectivity index (χ0v) is 23.2. The number of benzene rings is 1. The third-order valence-electron chi connectivity index (χ3n) is 6.35. The second kappa shape index (κ2) is 11.1. The molecule has 1 N–H and O–H groups in total. The van der Waals surface area contributed by atoms with E-state index in [0.29, 0.717) is 12.2 Å². The number of fused-ring (bicyclic) bond motifs is 2. The molecule has 1 heterocycles. The van der Waals surface area contributed by atoms with Gasteiger partial charge in [0.25, 0.3) is 0 Å². The molecule has 0 unspecified atom stereocenters. The monoisotopic (exact) mass is 499 g/mol. The molecular formula is C23H31FN5NaO3S. The number of carbonyl (C=O) groups is 1. The number of halogens is 1. The molecule has 0 spiro atoms. The standard InChI is InChI=1S/C23H32FN5O3S.Na/c1-15(2)29-18(14-28(3)11-10-24)13-21(26-29)33(31,32)27-23(30)25-22-19-8-4-6-16(19)12-17-7-5-9-20(17)22;/h12-13,15H,4-11,14H2,1-3H3,(H2,25,27,30);/q;+1/p-1. The Hall–Kier alpha value is -1.46. The zero-order chi connectivity index (χ0) is 23.8. The van der Waals surface area contributed by atoms with Gasteiger partial charge in [-0.3, -0.25) is 14.4 Å². The number of hydrogen-bond donors (Lipinski definition) is 1. The number of nitrogens with zero attached hydrogens (tertiary/aromatic N) is 4. The molecule has 34 heavy (non-hydrogen) atoms. The van der Waals surface area contributed by atoms with Crippen LogP contribution in [0.3, 0.4) is 0 Å². The van der Waals surface area contributed by atoms with Gasteiger partial charge in [-0.05, 0) is 93.4 Å². The van der Waals surface area contributed by atoms with E-state index in [2.05, 4.69) is 21.2 Å². The first kappa shape index (κ1) is 27.1. The van der Waals surface area contributed by atoms with E-state index in [1.54, 1.807) is 16.6 Å². The Kier molecular flexibility index (Phi) is 8.84. The van der Waals surface area contributed by atoms with E-state index < -0.39 is 22.7 Å². The predicted octanol–water partition coefficient (Wildman–Crippen LogP) is 1.14. The van der Waals surface area contributed by atoms with Crippen LogP contribution in [0.2, 0.25) is 0 Å². The number of alkyl halides is 1. The first-order valence-corrected chi connectivity index (χ1v) is 12.9. The molecule has 2 aliphatic rings. The molecule has 0 radical (unpaired) electrons. The van der Waals surface area contributed by atoms with Crippen molar-refractivity contribution < 1.29 is 47.2 Å². The fourth-order valence-electron chi connectivity index (χ4n) is 4.85. The van der Waals surface area contributed by atoms with Gasteiger partial charge in [-0.2, -0.15) is 5.10 Å². The van der Waals surface area contributed by atoms with Crippen molar-refractivity contribution in [3.63, 3.8) is 0 Å². The molecule has 0 aliphatic heterocycles. The van der Waals surface area contributed by atoms with Crippen molar-refractivity contribution in [3.8, 4) is 0 Å². The molecule has 2 amide bonds. The SMILES string of the molecule is CC(C)n1nc(S(=O)(=O)[N-]C(=O)Nc2c3c(cc4c2CCC4)CCC3)cc1CN(C)CCF.[Na+]. The number of carbonyl (C=O) groups excluding carboxylic acids is 1. The van der Waals surface area contributed by atoms with E-state index in [4.69, 9.17) is 0 Å². The van der Waals surface area contributed by atoms with Gasteiger partial charge in [0.15, 0.2) is 11.1 Å². The third kappa shape index (κ3) is 5.67. The molecule has 0 bridgehead atoms. The molecule has 8 nitrogen and oxygen atoms in total. The Morgan fingerprint density at radius 2 is 1.79 bits per heavy atom. The number of nitrogens with one attached hydrogen (secondary N) is 1. The molecule has 1 aromatic heterocycles. The van der Waals surface area contributed by atoms with Crippen molar-refractivity contribution in [2.45, 2.75) is 70.0 Å². The Balaban J connectivity index is 0.00000324. The van der Waals surface area contributed by atoms with Crippen molar-refractivity contribution in [1.29, 1.82) is 0 Å². The van der Waals surface area contributed by atoms with Crippen LogP contribution >= 0.6 is 0 Å². The van der Waals surface area contributed by atoms with E-state index in [0.717, 1.165) is 55.3 Å². The smallest absolute Gasteiger partial charge is 0.423 e. The van der Waals surface area contributed by atoms with Crippen LogP contribution in [0, 0.1) is 0 Å². The van der Waals surface area contributed by atoms with Gasteiger partial charge in [-0.1, -0.05) is 6.07 Å². The van der Waals surface area contributed by atoms with E-state index in [1.165, 1.54) is 17.2 Å². The fraction of sp³-hybridized carbons (Fsp3) is 0.565. The van der Waals surface area contributed by atoms with Crippen LogP contribution in [0.15, 0.2) is 17.2 Å². The Morgan fingerprint density at radius 1 is 1.18 bits per heavy atom.